The maximum Gasteiger partial charge on any atom is 0.182 e. The van der Waals surface area contributed by atoms with Crippen LogP contribution in [0.5, 0.6) is 11.5 Å². The second kappa shape index (κ2) is 3.76. The van der Waals surface area contributed by atoms with Crippen LogP contribution in [0.4, 0.5) is 4.39 Å². The molecule has 0 bridgehead atoms. The molecule has 1 aromatic carbocycles. The van der Waals surface area contributed by atoms with E-state index < -0.39 is 11.6 Å². The van der Waals surface area contributed by atoms with Crippen molar-refractivity contribution in [3.8, 4) is 17.6 Å². The lowest BCUT2D eigenvalue weighted by molar-refractivity contribution is 0.335. The van der Waals surface area contributed by atoms with E-state index >= 15 is 0 Å². The van der Waals surface area contributed by atoms with E-state index in [0.717, 1.165) is 6.07 Å². The molecule has 1 aromatic rings. The Morgan fingerprint density at radius 1 is 1.62 bits per heavy atom. The van der Waals surface area contributed by atoms with E-state index in [0.29, 0.717) is 6.61 Å². The summed E-state index contributed by atoms with van der Waals surface area (Å²) >= 11 is 0. The monoisotopic (exact) mass is 181 g/mol. The van der Waals surface area contributed by atoms with E-state index in [1.165, 1.54) is 6.07 Å². The maximum absolute atomic E-state index is 12.9. The molecule has 0 aliphatic rings. The molecule has 0 unspecified atom stereocenters. The van der Waals surface area contributed by atoms with Gasteiger partial charge in [-0.3, -0.25) is 0 Å². The van der Waals surface area contributed by atoms with Crippen molar-refractivity contribution >= 4 is 0 Å². The second-order valence-corrected chi connectivity index (χ2v) is 2.35. The summed E-state index contributed by atoms with van der Waals surface area (Å²) in [6.45, 7) is 2.16. The Balaban J connectivity index is 3.16. The normalized spacial score (nSPS) is 9.31. The summed E-state index contributed by atoms with van der Waals surface area (Å²) in [5, 5.41) is 17.5. The third-order valence-corrected chi connectivity index (χ3v) is 1.46. The van der Waals surface area contributed by atoms with Crippen molar-refractivity contribution in [3.05, 3.63) is 23.5 Å². The Bertz CT molecular complexity index is 357. The van der Waals surface area contributed by atoms with Crippen LogP contribution in [-0.2, 0) is 0 Å². The first kappa shape index (κ1) is 9.33. The zero-order valence-electron chi connectivity index (χ0n) is 7.04. The SMILES string of the molecule is CCOc1cc(O)c(F)c(C#N)c1. The molecule has 4 heteroatoms. The lowest BCUT2D eigenvalue weighted by Gasteiger charge is -2.04. The van der Waals surface area contributed by atoms with Crippen molar-refractivity contribution in [2.24, 2.45) is 0 Å². The highest BCUT2D eigenvalue weighted by atomic mass is 19.1. The number of ether oxygens (including phenoxy) is 1. The number of halogens is 1. The van der Waals surface area contributed by atoms with Crippen LogP contribution in [0, 0.1) is 17.1 Å². The van der Waals surface area contributed by atoms with Gasteiger partial charge in [0.2, 0.25) is 0 Å². The highest BCUT2D eigenvalue weighted by Crippen LogP contribution is 2.25. The van der Waals surface area contributed by atoms with Gasteiger partial charge < -0.3 is 9.84 Å². The Morgan fingerprint density at radius 3 is 2.85 bits per heavy atom. The van der Waals surface area contributed by atoms with Crippen LogP contribution in [0.1, 0.15) is 12.5 Å². The molecule has 3 nitrogen and oxygen atoms in total. The van der Waals surface area contributed by atoms with Gasteiger partial charge in [0, 0.05) is 12.1 Å². The first-order chi connectivity index (χ1) is 6.19. The molecular weight excluding hydrogens is 173 g/mol. The minimum absolute atomic E-state index is 0.219. The first-order valence-electron chi connectivity index (χ1n) is 3.74. The number of phenols is 1. The van der Waals surface area contributed by atoms with Crippen LogP contribution < -0.4 is 4.74 Å². The van der Waals surface area contributed by atoms with E-state index in [2.05, 4.69) is 0 Å². The van der Waals surface area contributed by atoms with Crippen molar-refractivity contribution in [1.29, 1.82) is 5.26 Å². The first-order valence-corrected chi connectivity index (χ1v) is 3.74. The summed E-state index contributed by atoms with van der Waals surface area (Å²) in [4.78, 5) is 0. The molecule has 1 N–H and O–H groups in total. The van der Waals surface area contributed by atoms with Gasteiger partial charge in [-0.25, -0.2) is 4.39 Å². The molecule has 13 heavy (non-hydrogen) atoms. The molecule has 0 heterocycles. The van der Waals surface area contributed by atoms with E-state index in [-0.39, 0.29) is 11.3 Å². The Kier molecular flexibility index (Phi) is 2.70. The molecule has 0 saturated carbocycles. The van der Waals surface area contributed by atoms with Gasteiger partial charge in [0.25, 0.3) is 0 Å². The average molecular weight is 181 g/mol. The lowest BCUT2D eigenvalue weighted by atomic mass is 10.2. The van der Waals surface area contributed by atoms with Crippen molar-refractivity contribution in [1.82, 2.24) is 0 Å². The van der Waals surface area contributed by atoms with Crippen molar-refractivity contribution in [2.75, 3.05) is 6.61 Å². The highest BCUT2D eigenvalue weighted by Gasteiger charge is 2.09. The van der Waals surface area contributed by atoms with Gasteiger partial charge in [0.15, 0.2) is 11.6 Å². The standard InChI is InChI=1S/C9H8FNO2/c1-2-13-7-3-6(5-11)9(10)8(12)4-7/h3-4,12H,2H2,1H3. The van der Waals surface area contributed by atoms with Gasteiger partial charge >= 0.3 is 0 Å². The number of hydrogen-bond acceptors (Lipinski definition) is 3. The molecule has 68 valence electrons. The number of phenolic OH excluding ortho intramolecular Hbond substituents is 1. The van der Waals surface area contributed by atoms with Crippen LogP contribution in [0.15, 0.2) is 12.1 Å². The Labute approximate surface area is 75.0 Å². The van der Waals surface area contributed by atoms with Gasteiger partial charge in [-0.1, -0.05) is 0 Å². The van der Waals surface area contributed by atoms with Crippen LogP contribution >= 0.6 is 0 Å². The predicted molar refractivity (Wildman–Crippen MR) is 43.9 cm³/mol. The van der Waals surface area contributed by atoms with Gasteiger partial charge in [-0.15, -0.1) is 0 Å². The number of aromatic hydroxyl groups is 1. The third-order valence-electron chi connectivity index (χ3n) is 1.46. The van der Waals surface area contributed by atoms with Gasteiger partial charge in [-0.2, -0.15) is 5.26 Å². The predicted octanol–water partition coefficient (Wildman–Crippen LogP) is 1.80. The zero-order chi connectivity index (χ0) is 9.84. The fraction of sp³-hybridized carbons (Fsp3) is 0.222. The quantitative estimate of drug-likeness (QED) is 0.756. The molecule has 1 rings (SSSR count). The van der Waals surface area contributed by atoms with E-state index in [9.17, 15) is 4.39 Å². The molecule has 0 spiro atoms. The molecule has 0 saturated heterocycles. The minimum Gasteiger partial charge on any atom is -0.505 e. The molecule has 0 aliphatic carbocycles. The summed E-state index contributed by atoms with van der Waals surface area (Å²) in [7, 11) is 0. The van der Waals surface area contributed by atoms with Crippen molar-refractivity contribution < 1.29 is 14.2 Å². The molecule has 0 atom stereocenters. The van der Waals surface area contributed by atoms with Crippen LogP contribution in [0.25, 0.3) is 0 Å². The summed E-state index contributed by atoms with van der Waals surface area (Å²) in [5.41, 5.74) is -0.219. The Hall–Kier alpha value is -1.76. The average Bonchev–Trinajstić information content (AvgIpc) is 2.11. The van der Waals surface area contributed by atoms with E-state index in [1.54, 1.807) is 13.0 Å². The Morgan fingerprint density at radius 2 is 2.31 bits per heavy atom. The molecule has 0 aliphatic heterocycles. The van der Waals surface area contributed by atoms with E-state index in [1.807, 2.05) is 0 Å². The fourth-order valence-electron chi connectivity index (χ4n) is 0.915. The summed E-state index contributed by atoms with van der Waals surface area (Å²) < 4.78 is 17.9. The summed E-state index contributed by atoms with van der Waals surface area (Å²) in [6, 6.07) is 4.01. The van der Waals surface area contributed by atoms with Crippen molar-refractivity contribution in [2.45, 2.75) is 6.92 Å². The van der Waals surface area contributed by atoms with Crippen LogP contribution in [0.2, 0.25) is 0 Å². The third kappa shape index (κ3) is 1.88. The lowest BCUT2D eigenvalue weighted by Crippen LogP contribution is -1.93. The van der Waals surface area contributed by atoms with Gasteiger partial charge in [0.05, 0.1) is 12.2 Å². The summed E-state index contributed by atoms with van der Waals surface area (Å²) in [5.74, 6) is -1.19. The number of benzene rings is 1. The minimum atomic E-state index is -0.911. The molecule has 0 radical (unpaired) electrons. The van der Waals surface area contributed by atoms with Crippen molar-refractivity contribution in [3.63, 3.8) is 0 Å². The molecular formula is C9H8FNO2. The fourth-order valence-corrected chi connectivity index (χ4v) is 0.915. The smallest absolute Gasteiger partial charge is 0.182 e. The zero-order valence-corrected chi connectivity index (χ0v) is 7.04. The summed E-state index contributed by atoms with van der Waals surface area (Å²) in [6.07, 6.45) is 0. The molecule has 0 amide bonds. The maximum atomic E-state index is 12.9. The molecule has 0 fully saturated rings. The number of hydrogen-bond donors (Lipinski definition) is 1. The molecule has 0 aromatic heterocycles. The second-order valence-electron chi connectivity index (χ2n) is 2.35. The highest BCUT2D eigenvalue weighted by molar-refractivity contribution is 5.44. The largest absolute Gasteiger partial charge is 0.505 e. The topological polar surface area (TPSA) is 53.2 Å². The number of rotatable bonds is 2. The van der Waals surface area contributed by atoms with Gasteiger partial charge in [-0.05, 0) is 6.92 Å². The van der Waals surface area contributed by atoms with Crippen LogP contribution in [0.3, 0.4) is 0 Å². The van der Waals surface area contributed by atoms with E-state index in [4.69, 9.17) is 15.1 Å². The van der Waals surface area contributed by atoms with Crippen LogP contribution in [-0.4, -0.2) is 11.7 Å². The van der Waals surface area contributed by atoms with Gasteiger partial charge in [0.1, 0.15) is 11.8 Å². The number of nitriles is 1. The number of nitrogens with zero attached hydrogens (tertiary/aromatic N) is 1.